The van der Waals surface area contributed by atoms with Crippen molar-refractivity contribution in [2.24, 2.45) is 4.99 Å². The number of rotatable bonds is 5. The fourth-order valence-electron chi connectivity index (χ4n) is 3.27. The molecule has 8 heteroatoms. The molecule has 1 heterocycles. The first-order valence-electron chi connectivity index (χ1n) is 9.82. The number of para-hydroxylation sites is 2. The zero-order valence-corrected chi connectivity index (χ0v) is 18.3. The third-order valence-corrected chi connectivity index (χ3v) is 5.75. The molecule has 1 aliphatic rings. The molecular weight excluding hydrogens is 424 g/mol. The van der Waals surface area contributed by atoms with Crippen molar-refractivity contribution in [1.29, 1.82) is 0 Å². The molecule has 0 unspecified atom stereocenters. The summed E-state index contributed by atoms with van der Waals surface area (Å²) in [4.78, 5) is 32.8. The Morgan fingerprint density at radius 3 is 2.28 bits per heavy atom. The summed E-state index contributed by atoms with van der Waals surface area (Å²) in [6.45, 7) is 0. The van der Waals surface area contributed by atoms with E-state index in [2.05, 4.69) is 4.99 Å². The number of carbonyl (C=O) groups is 1. The van der Waals surface area contributed by atoms with Crippen LogP contribution in [0.5, 0.6) is 0 Å². The van der Waals surface area contributed by atoms with Gasteiger partial charge in [0.15, 0.2) is 5.17 Å². The van der Waals surface area contributed by atoms with Gasteiger partial charge in [-0.05, 0) is 53.7 Å². The van der Waals surface area contributed by atoms with Crippen LogP contribution in [0.1, 0.15) is 5.56 Å². The van der Waals surface area contributed by atoms with Crippen molar-refractivity contribution in [3.05, 3.63) is 99.4 Å². The maximum atomic E-state index is 13.3. The molecular formula is C24H20N4O3S. The highest BCUT2D eigenvalue weighted by Gasteiger charge is 2.34. The topological polar surface area (TPSA) is 79.0 Å². The number of carbonyl (C=O) groups excluding carboxylic acids is 1. The molecule has 0 N–H and O–H groups in total. The van der Waals surface area contributed by atoms with Gasteiger partial charge in [0.25, 0.3) is 11.6 Å². The van der Waals surface area contributed by atoms with Gasteiger partial charge >= 0.3 is 0 Å². The molecule has 32 heavy (non-hydrogen) atoms. The Morgan fingerprint density at radius 1 is 1.00 bits per heavy atom. The Bertz CT molecular complexity index is 1220. The fraction of sp³-hybridized carbons (Fsp3) is 0.0833. The molecule has 160 valence electrons. The molecule has 1 aliphatic heterocycles. The third-order valence-electron chi connectivity index (χ3n) is 4.78. The Kier molecular flexibility index (Phi) is 6.04. The smallest absolute Gasteiger partial charge is 0.293 e. The summed E-state index contributed by atoms with van der Waals surface area (Å²) in [5.74, 6) is -0.227. The van der Waals surface area contributed by atoms with Gasteiger partial charge in [-0.15, -0.1) is 0 Å². The molecule has 0 aliphatic carbocycles. The maximum absolute atomic E-state index is 13.3. The summed E-state index contributed by atoms with van der Waals surface area (Å²) < 4.78 is 0. The first-order chi connectivity index (χ1) is 15.4. The van der Waals surface area contributed by atoms with E-state index in [1.54, 1.807) is 42.1 Å². The lowest BCUT2D eigenvalue weighted by Crippen LogP contribution is -2.28. The number of amidine groups is 1. The molecule has 4 rings (SSSR count). The maximum Gasteiger partial charge on any atom is 0.293 e. The number of hydrogen-bond acceptors (Lipinski definition) is 6. The molecule has 0 radical (unpaired) electrons. The highest BCUT2D eigenvalue weighted by atomic mass is 32.2. The number of anilines is 2. The Labute approximate surface area is 189 Å². The van der Waals surface area contributed by atoms with Crippen LogP contribution in [0.3, 0.4) is 0 Å². The molecule has 0 atom stereocenters. The highest BCUT2D eigenvalue weighted by molar-refractivity contribution is 8.19. The van der Waals surface area contributed by atoms with Crippen LogP contribution in [0.15, 0.2) is 88.8 Å². The second kappa shape index (κ2) is 9.07. The van der Waals surface area contributed by atoms with Crippen molar-refractivity contribution in [3.63, 3.8) is 0 Å². The van der Waals surface area contributed by atoms with Crippen LogP contribution in [0.2, 0.25) is 0 Å². The number of amides is 1. The van der Waals surface area contributed by atoms with Crippen LogP contribution < -0.4 is 9.80 Å². The zero-order chi connectivity index (χ0) is 22.7. The largest absolute Gasteiger partial charge is 0.372 e. The van der Waals surface area contributed by atoms with Crippen LogP contribution in [0.25, 0.3) is 6.08 Å². The molecule has 1 fully saturated rings. The number of nitro groups is 1. The van der Waals surface area contributed by atoms with Crippen LogP contribution in [0.4, 0.5) is 22.7 Å². The Hall–Kier alpha value is -3.91. The molecule has 0 aromatic heterocycles. The van der Waals surface area contributed by atoms with Gasteiger partial charge in [0.2, 0.25) is 0 Å². The minimum atomic E-state index is -0.417. The van der Waals surface area contributed by atoms with Crippen LogP contribution in [-0.4, -0.2) is 30.1 Å². The van der Waals surface area contributed by atoms with Crippen molar-refractivity contribution in [3.8, 4) is 0 Å². The van der Waals surface area contributed by atoms with Gasteiger partial charge < -0.3 is 4.90 Å². The first kappa shape index (κ1) is 21.3. The van der Waals surface area contributed by atoms with Crippen molar-refractivity contribution in [2.45, 2.75) is 0 Å². The second-order valence-electron chi connectivity index (χ2n) is 7.22. The van der Waals surface area contributed by atoms with Crippen molar-refractivity contribution < 1.29 is 9.72 Å². The SMILES string of the molecule is CN(C)c1ccc(/C=C2/SC(=Nc3ccccc3)N(c3ccccc3)C2=O)cc1[N+](=O)[O-]. The minimum Gasteiger partial charge on any atom is -0.372 e. The molecule has 0 bridgehead atoms. The number of thioether (sulfide) groups is 1. The molecule has 7 nitrogen and oxygen atoms in total. The second-order valence-corrected chi connectivity index (χ2v) is 8.23. The van der Waals surface area contributed by atoms with Crippen LogP contribution in [0, 0.1) is 10.1 Å². The fourth-order valence-corrected chi connectivity index (χ4v) is 4.27. The summed E-state index contributed by atoms with van der Waals surface area (Å²) >= 11 is 1.24. The van der Waals surface area contributed by atoms with E-state index in [-0.39, 0.29) is 11.6 Å². The van der Waals surface area contributed by atoms with Crippen molar-refractivity contribution >= 4 is 51.7 Å². The van der Waals surface area contributed by atoms with E-state index in [1.807, 2.05) is 60.7 Å². The number of nitro benzene ring substituents is 1. The minimum absolute atomic E-state index is 0.0158. The summed E-state index contributed by atoms with van der Waals surface area (Å²) in [6.07, 6.45) is 1.67. The van der Waals surface area contributed by atoms with E-state index in [9.17, 15) is 14.9 Å². The quantitative estimate of drug-likeness (QED) is 0.296. The molecule has 1 saturated heterocycles. The average molecular weight is 445 g/mol. The predicted molar refractivity (Wildman–Crippen MR) is 130 cm³/mol. The summed E-state index contributed by atoms with van der Waals surface area (Å²) in [5, 5.41) is 12.1. The first-order valence-corrected chi connectivity index (χ1v) is 10.6. The lowest BCUT2D eigenvalue weighted by molar-refractivity contribution is -0.384. The van der Waals surface area contributed by atoms with E-state index >= 15 is 0 Å². The van der Waals surface area contributed by atoms with Gasteiger partial charge in [-0.3, -0.25) is 19.8 Å². The van der Waals surface area contributed by atoms with E-state index in [4.69, 9.17) is 0 Å². The Balaban J connectivity index is 1.76. The third kappa shape index (κ3) is 4.40. The summed E-state index contributed by atoms with van der Waals surface area (Å²) in [7, 11) is 3.50. The number of hydrogen-bond donors (Lipinski definition) is 0. The number of aliphatic imine (C=N–C) groups is 1. The normalized spacial score (nSPS) is 16.1. The number of benzene rings is 3. The van der Waals surface area contributed by atoms with E-state index < -0.39 is 4.92 Å². The van der Waals surface area contributed by atoms with E-state index in [0.29, 0.717) is 27.0 Å². The monoisotopic (exact) mass is 444 g/mol. The van der Waals surface area contributed by atoms with Crippen molar-refractivity contribution in [1.82, 2.24) is 0 Å². The summed E-state index contributed by atoms with van der Waals surface area (Å²) in [5.41, 5.74) is 2.50. The number of nitrogens with zero attached hydrogens (tertiary/aromatic N) is 4. The van der Waals surface area contributed by atoms with Gasteiger partial charge in [-0.2, -0.15) is 0 Å². The lowest BCUT2D eigenvalue weighted by Gasteiger charge is -2.15. The predicted octanol–water partition coefficient (Wildman–Crippen LogP) is 5.47. The van der Waals surface area contributed by atoms with Crippen molar-refractivity contribution in [2.75, 3.05) is 23.9 Å². The van der Waals surface area contributed by atoms with E-state index in [0.717, 1.165) is 5.69 Å². The van der Waals surface area contributed by atoms with Gasteiger partial charge in [0.1, 0.15) is 5.69 Å². The van der Waals surface area contributed by atoms with Gasteiger partial charge in [0, 0.05) is 20.2 Å². The molecule has 3 aromatic carbocycles. The molecule has 0 spiro atoms. The van der Waals surface area contributed by atoms with Gasteiger partial charge in [0.05, 0.1) is 21.2 Å². The molecule has 0 saturated carbocycles. The van der Waals surface area contributed by atoms with Gasteiger partial charge in [-0.25, -0.2) is 4.99 Å². The lowest BCUT2D eigenvalue weighted by atomic mass is 10.1. The van der Waals surface area contributed by atoms with E-state index in [1.165, 1.54) is 17.8 Å². The van der Waals surface area contributed by atoms with Gasteiger partial charge in [-0.1, -0.05) is 42.5 Å². The molecule has 1 amide bonds. The zero-order valence-electron chi connectivity index (χ0n) is 17.5. The Morgan fingerprint density at radius 2 is 1.66 bits per heavy atom. The highest BCUT2D eigenvalue weighted by Crippen LogP contribution is 2.38. The molecule has 3 aromatic rings. The standard InChI is InChI=1S/C24H20N4O3S/c1-26(2)20-14-13-17(15-21(20)28(30)31)16-22-23(29)27(19-11-7-4-8-12-19)24(32-22)25-18-9-5-3-6-10-18/h3-16H,1-2H3/b22-16+,25-24?. The average Bonchev–Trinajstić information content (AvgIpc) is 3.09. The van der Waals surface area contributed by atoms with Crippen LogP contribution >= 0.6 is 11.8 Å². The summed E-state index contributed by atoms with van der Waals surface area (Å²) in [6, 6.07) is 23.6. The van der Waals surface area contributed by atoms with Crippen LogP contribution in [-0.2, 0) is 4.79 Å².